The van der Waals surface area contributed by atoms with E-state index in [0.29, 0.717) is 40.9 Å². The van der Waals surface area contributed by atoms with Gasteiger partial charge in [0.1, 0.15) is 6.04 Å². The second-order valence-corrected chi connectivity index (χ2v) is 10.8. The van der Waals surface area contributed by atoms with Gasteiger partial charge in [-0.25, -0.2) is 9.97 Å². The topological polar surface area (TPSA) is 117 Å². The molecule has 2 amide bonds. The molecule has 2 aliphatic heterocycles. The molecule has 3 atom stereocenters. The lowest BCUT2D eigenvalue weighted by Gasteiger charge is -2.26. The number of anilines is 1. The molecule has 2 aromatic carbocycles. The molecule has 3 aromatic rings. The van der Waals surface area contributed by atoms with Crippen molar-refractivity contribution in [3.63, 3.8) is 0 Å². The van der Waals surface area contributed by atoms with E-state index >= 15 is 0 Å². The van der Waals surface area contributed by atoms with Crippen molar-refractivity contribution in [2.24, 2.45) is 0 Å². The second-order valence-electron chi connectivity index (χ2n) is 10.4. The van der Waals surface area contributed by atoms with Gasteiger partial charge in [0.25, 0.3) is 5.91 Å². The van der Waals surface area contributed by atoms with Gasteiger partial charge < -0.3 is 25.4 Å². The summed E-state index contributed by atoms with van der Waals surface area (Å²) in [5, 5.41) is 16.5. The number of aromatic nitrogens is 2. The summed E-state index contributed by atoms with van der Waals surface area (Å²) < 4.78 is 5.65. The second kappa shape index (κ2) is 12.3. The van der Waals surface area contributed by atoms with Gasteiger partial charge in [-0.3, -0.25) is 9.59 Å². The molecular weight excluding hydrogens is 530 g/mol. The molecule has 0 bridgehead atoms. The number of carbonyl (C=O) groups excluding carboxylic acids is 2. The minimum Gasteiger partial charge on any atom is -0.394 e. The van der Waals surface area contributed by atoms with Crippen LogP contribution in [0.1, 0.15) is 59.3 Å². The van der Waals surface area contributed by atoms with Crippen LogP contribution >= 0.6 is 11.6 Å². The molecule has 2 aliphatic rings. The number of hydrogen-bond donors (Lipinski definition) is 3. The molecule has 1 aromatic heterocycles. The molecule has 0 radical (unpaired) electrons. The molecule has 210 valence electrons. The Labute approximate surface area is 238 Å². The number of aryl methyl sites for hydroxylation is 1. The molecule has 9 nitrogen and oxygen atoms in total. The monoisotopic (exact) mass is 563 g/mol. The first-order chi connectivity index (χ1) is 19.3. The Bertz CT molecular complexity index is 1390. The van der Waals surface area contributed by atoms with Gasteiger partial charge in [-0.15, -0.1) is 0 Å². The van der Waals surface area contributed by atoms with Crippen LogP contribution in [0.3, 0.4) is 0 Å². The number of halogens is 1. The number of ether oxygens (including phenoxy) is 1. The van der Waals surface area contributed by atoms with E-state index in [4.69, 9.17) is 16.3 Å². The fourth-order valence-electron chi connectivity index (χ4n) is 5.18. The van der Waals surface area contributed by atoms with Gasteiger partial charge in [0.15, 0.2) is 0 Å². The SMILES string of the molecule is Cc1cccc([C@@H](CO)NC(=O)[C@@H](C)N2Cc3ccc(-c4nc(NC5CCCCOC5)ncc4Cl)cc3C2=O)c1. The highest BCUT2D eigenvalue weighted by atomic mass is 35.5. The Morgan fingerprint density at radius 2 is 2.10 bits per heavy atom. The van der Waals surface area contributed by atoms with Crippen LogP contribution in [0.25, 0.3) is 11.3 Å². The summed E-state index contributed by atoms with van der Waals surface area (Å²) in [5.74, 6) is -0.116. The summed E-state index contributed by atoms with van der Waals surface area (Å²) >= 11 is 6.48. The van der Waals surface area contributed by atoms with Crippen molar-refractivity contribution in [2.45, 2.75) is 57.8 Å². The van der Waals surface area contributed by atoms with Gasteiger partial charge in [-0.1, -0.05) is 53.6 Å². The van der Waals surface area contributed by atoms with E-state index in [1.165, 1.54) is 4.90 Å². The predicted octanol–water partition coefficient (Wildman–Crippen LogP) is 4.28. The number of aliphatic hydroxyl groups excluding tert-OH is 1. The highest BCUT2D eigenvalue weighted by Crippen LogP contribution is 2.32. The summed E-state index contributed by atoms with van der Waals surface area (Å²) in [7, 11) is 0. The smallest absolute Gasteiger partial charge is 0.255 e. The zero-order valence-electron chi connectivity index (χ0n) is 22.7. The zero-order valence-corrected chi connectivity index (χ0v) is 23.4. The Kier molecular flexibility index (Phi) is 8.63. The van der Waals surface area contributed by atoms with E-state index in [9.17, 15) is 14.7 Å². The van der Waals surface area contributed by atoms with Gasteiger partial charge in [0.05, 0.1) is 42.2 Å². The van der Waals surface area contributed by atoms with E-state index < -0.39 is 12.1 Å². The highest BCUT2D eigenvalue weighted by Gasteiger charge is 2.35. The predicted molar refractivity (Wildman–Crippen MR) is 153 cm³/mol. The van der Waals surface area contributed by atoms with Crippen LogP contribution in [0.5, 0.6) is 0 Å². The molecule has 1 unspecified atom stereocenters. The number of rotatable bonds is 8. The van der Waals surface area contributed by atoms with E-state index in [-0.39, 0.29) is 24.5 Å². The molecule has 0 saturated carbocycles. The van der Waals surface area contributed by atoms with Gasteiger partial charge in [-0.05, 0) is 50.3 Å². The average Bonchev–Trinajstić information content (AvgIpc) is 3.10. The van der Waals surface area contributed by atoms with Crippen LogP contribution in [0.4, 0.5) is 5.95 Å². The first kappa shape index (κ1) is 28.0. The van der Waals surface area contributed by atoms with Gasteiger partial charge in [-0.2, -0.15) is 0 Å². The lowest BCUT2D eigenvalue weighted by Crippen LogP contribution is -2.46. The maximum Gasteiger partial charge on any atom is 0.255 e. The lowest BCUT2D eigenvalue weighted by atomic mass is 10.0. The number of nitrogens with one attached hydrogen (secondary N) is 2. The molecule has 10 heteroatoms. The van der Waals surface area contributed by atoms with Crippen molar-refractivity contribution < 1.29 is 19.4 Å². The zero-order chi connectivity index (χ0) is 28.2. The molecule has 1 fully saturated rings. The summed E-state index contributed by atoms with van der Waals surface area (Å²) in [6, 6.07) is 12.0. The molecule has 3 N–H and O–H groups in total. The minimum absolute atomic E-state index is 0.121. The molecule has 5 rings (SSSR count). The molecule has 40 heavy (non-hydrogen) atoms. The minimum atomic E-state index is -0.734. The Hall–Kier alpha value is -3.53. The van der Waals surface area contributed by atoms with Gasteiger partial charge in [0.2, 0.25) is 11.9 Å². The van der Waals surface area contributed by atoms with Crippen molar-refractivity contribution in [1.82, 2.24) is 20.2 Å². The number of fused-ring (bicyclic) bond motifs is 1. The first-order valence-electron chi connectivity index (χ1n) is 13.6. The third-order valence-electron chi connectivity index (χ3n) is 7.49. The number of amides is 2. The maximum absolute atomic E-state index is 13.4. The first-order valence-corrected chi connectivity index (χ1v) is 14.0. The van der Waals surface area contributed by atoms with E-state index in [2.05, 4.69) is 20.6 Å². The molecule has 0 aliphatic carbocycles. The Balaban J connectivity index is 1.31. The largest absolute Gasteiger partial charge is 0.394 e. The average molecular weight is 564 g/mol. The van der Waals surface area contributed by atoms with E-state index in [0.717, 1.165) is 42.6 Å². The Morgan fingerprint density at radius 1 is 1.25 bits per heavy atom. The summed E-state index contributed by atoms with van der Waals surface area (Å²) in [4.78, 5) is 37.1. The van der Waals surface area contributed by atoms with E-state index in [1.54, 1.807) is 19.2 Å². The van der Waals surface area contributed by atoms with Crippen molar-refractivity contribution in [2.75, 3.05) is 25.1 Å². The number of nitrogens with zero attached hydrogens (tertiary/aromatic N) is 3. The van der Waals surface area contributed by atoms with Gasteiger partial charge >= 0.3 is 0 Å². The summed E-state index contributed by atoms with van der Waals surface area (Å²) in [5.41, 5.74) is 4.40. The Morgan fingerprint density at radius 3 is 2.90 bits per heavy atom. The standard InChI is InChI=1S/C30H34ClN5O4/c1-18-6-5-7-20(12-18)26(16-37)34-28(38)19(2)36-15-22-10-9-21(13-24(22)29(36)39)27-25(31)14-32-30(35-27)33-23-8-3-4-11-40-17-23/h5-7,9-10,12-14,19,23,26,37H,3-4,8,11,15-17H2,1-2H3,(H,34,38)(H,32,33,35)/t19-,23?,26-/m1/s1. The third kappa shape index (κ3) is 6.11. The van der Waals surface area contributed by atoms with E-state index in [1.807, 2.05) is 43.3 Å². The maximum atomic E-state index is 13.4. The highest BCUT2D eigenvalue weighted by molar-refractivity contribution is 6.33. The number of hydrogen-bond acceptors (Lipinski definition) is 7. The summed E-state index contributed by atoms with van der Waals surface area (Å²) in [6.45, 7) is 5.07. The van der Waals surface area contributed by atoms with Crippen LogP contribution in [-0.4, -0.2) is 63.7 Å². The molecule has 3 heterocycles. The van der Waals surface area contributed by atoms with Crippen molar-refractivity contribution >= 4 is 29.4 Å². The van der Waals surface area contributed by atoms with Crippen molar-refractivity contribution in [1.29, 1.82) is 0 Å². The molecular formula is C30H34ClN5O4. The van der Waals surface area contributed by atoms with Crippen LogP contribution in [0.2, 0.25) is 5.02 Å². The fourth-order valence-corrected chi connectivity index (χ4v) is 5.38. The van der Waals surface area contributed by atoms with Crippen molar-refractivity contribution in [3.8, 4) is 11.3 Å². The fraction of sp³-hybridized carbons (Fsp3) is 0.400. The summed E-state index contributed by atoms with van der Waals surface area (Å²) in [6.07, 6.45) is 4.65. The number of benzene rings is 2. The van der Waals surface area contributed by atoms with Crippen LogP contribution in [-0.2, 0) is 16.1 Å². The van der Waals surface area contributed by atoms with Crippen LogP contribution < -0.4 is 10.6 Å². The van der Waals surface area contributed by atoms with Crippen LogP contribution in [0.15, 0.2) is 48.7 Å². The van der Waals surface area contributed by atoms with Crippen LogP contribution in [0, 0.1) is 6.92 Å². The molecule has 0 spiro atoms. The van der Waals surface area contributed by atoms with Gasteiger partial charge in [0, 0.05) is 24.3 Å². The molecule has 1 saturated heterocycles. The normalized spacial score (nSPS) is 18.6. The van der Waals surface area contributed by atoms with Crippen molar-refractivity contribution in [3.05, 3.63) is 75.9 Å². The number of carbonyl (C=O) groups is 2. The lowest BCUT2D eigenvalue weighted by molar-refractivity contribution is -0.126. The third-order valence-corrected chi connectivity index (χ3v) is 7.77. The quantitative estimate of drug-likeness (QED) is 0.374. The number of aliphatic hydroxyl groups is 1.